The second kappa shape index (κ2) is 12.9. The minimum Gasteiger partial charge on any atom is -0.335 e. The van der Waals surface area contributed by atoms with Gasteiger partial charge in [0.25, 0.3) is 0 Å². The lowest BCUT2D eigenvalue weighted by molar-refractivity contribution is -0.135. The first-order valence-electron chi connectivity index (χ1n) is 14.9. The van der Waals surface area contributed by atoms with Crippen molar-refractivity contribution >= 4 is 22.0 Å². The highest BCUT2D eigenvalue weighted by atomic mass is 32.2. The van der Waals surface area contributed by atoms with E-state index < -0.39 is 10.0 Å². The molecule has 0 aromatic heterocycles. The second-order valence-corrected chi connectivity index (χ2v) is 13.6. The molecule has 0 radical (unpaired) electrons. The van der Waals surface area contributed by atoms with Crippen molar-refractivity contribution in [2.45, 2.75) is 94.3 Å². The van der Waals surface area contributed by atoms with E-state index in [2.05, 4.69) is 5.32 Å². The summed E-state index contributed by atoms with van der Waals surface area (Å²) in [5, 5.41) is 3.18. The number of carbonyl (C=O) groups excluding carboxylic acids is 2. The zero-order chi connectivity index (χ0) is 29.0. The molecule has 2 aliphatic carbocycles. The Kier molecular flexibility index (Phi) is 9.28. The van der Waals surface area contributed by atoms with Crippen LogP contribution >= 0.6 is 0 Å². The number of aryl methyl sites for hydroxylation is 1. The number of likely N-dealkylation sites (tertiary alicyclic amines) is 1. The van der Waals surface area contributed by atoms with E-state index in [9.17, 15) is 22.4 Å². The number of nitrogens with zero attached hydrogens (tertiary/aromatic N) is 3. The number of carbonyl (C=O) groups is 2. The SMILES string of the molecule is Cc1ccc(S(=O)(=O)N(CC(=O)N(Cc2ccc(F)cc2)C2CCN(C(=O)NC3CCCCC3)CC2)C2CC2)cc1. The third-order valence-electron chi connectivity index (χ3n) is 8.58. The van der Waals surface area contributed by atoms with E-state index in [4.69, 9.17) is 0 Å². The van der Waals surface area contributed by atoms with Crippen LogP contribution in [0.25, 0.3) is 0 Å². The van der Waals surface area contributed by atoms with Gasteiger partial charge in [-0.15, -0.1) is 0 Å². The maximum Gasteiger partial charge on any atom is 0.317 e. The van der Waals surface area contributed by atoms with Gasteiger partial charge in [-0.25, -0.2) is 17.6 Å². The number of amides is 3. The minimum atomic E-state index is -3.85. The molecule has 2 aromatic rings. The van der Waals surface area contributed by atoms with Crippen molar-refractivity contribution in [3.8, 4) is 0 Å². The topological polar surface area (TPSA) is 90.0 Å². The largest absolute Gasteiger partial charge is 0.335 e. The van der Waals surface area contributed by atoms with Crippen LogP contribution in [0.2, 0.25) is 0 Å². The van der Waals surface area contributed by atoms with Gasteiger partial charge in [-0.05, 0) is 75.3 Å². The smallest absolute Gasteiger partial charge is 0.317 e. The van der Waals surface area contributed by atoms with Gasteiger partial charge in [0.2, 0.25) is 15.9 Å². The molecule has 1 heterocycles. The summed E-state index contributed by atoms with van der Waals surface area (Å²) in [6.07, 6.45) is 8.19. The summed E-state index contributed by atoms with van der Waals surface area (Å²) < 4.78 is 42.2. The number of halogens is 1. The average Bonchev–Trinajstić information content (AvgIpc) is 3.81. The Labute approximate surface area is 242 Å². The molecule has 1 N–H and O–H groups in total. The van der Waals surface area contributed by atoms with Crippen molar-refractivity contribution in [3.63, 3.8) is 0 Å². The zero-order valence-corrected chi connectivity index (χ0v) is 24.6. The summed E-state index contributed by atoms with van der Waals surface area (Å²) in [7, 11) is -3.85. The molecule has 2 aromatic carbocycles. The van der Waals surface area contributed by atoms with E-state index in [1.165, 1.54) is 22.9 Å². The molecule has 8 nitrogen and oxygen atoms in total. The maximum atomic E-state index is 13.9. The van der Waals surface area contributed by atoms with Gasteiger partial charge in [0.05, 0.1) is 11.4 Å². The van der Waals surface area contributed by atoms with Crippen molar-refractivity contribution in [2.75, 3.05) is 19.6 Å². The van der Waals surface area contributed by atoms with Gasteiger partial charge in [0.15, 0.2) is 0 Å². The molecule has 3 fully saturated rings. The lowest BCUT2D eigenvalue weighted by Gasteiger charge is -2.40. The highest BCUT2D eigenvalue weighted by molar-refractivity contribution is 7.89. The molecule has 5 rings (SSSR count). The van der Waals surface area contributed by atoms with E-state index >= 15 is 0 Å². The normalized spacial score (nSPS) is 18.9. The standard InChI is InChI=1S/C31H41FN4O4S/c1-23-7-15-29(16-8-23)41(39,40)36(28-13-14-28)22-30(37)35(21-24-9-11-25(32)12-10-24)27-17-19-34(20-18-27)31(38)33-26-5-3-2-4-6-26/h7-12,15-16,26-28H,2-6,13-14,17-22H2,1H3,(H,33,38). The fraction of sp³-hybridized carbons (Fsp3) is 0.548. The molecule has 2 saturated carbocycles. The molecule has 3 aliphatic rings. The van der Waals surface area contributed by atoms with E-state index in [0.29, 0.717) is 25.9 Å². The fourth-order valence-corrected chi connectivity index (χ4v) is 7.58. The van der Waals surface area contributed by atoms with Crippen LogP contribution in [-0.4, -0.2) is 72.2 Å². The summed E-state index contributed by atoms with van der Waals surface area (Å²) in [5.74, 6) is -0.630. The van der Waals surface area contributed by atoms with Crippen molar-refractivity contribution in [1.29, 1.82) is 0 Å². The second-order valence-electron chi connectivity index (χ2n) is 11.7. The minimum absolute atomic E-state index is 0.0455. The van der Waals surface area contributed by atoms with Crippen LogP contribution in [0.1, 0.15) is 68.9 Å². The predicted octanol–water partition coefficient (Wildman–Crippen LogP) is 4.82. The van der Waals surface area contributed by atoms with Crippen LogP contribution in [0.4, 0.5) is 9.18 Å². The number of benzene rings is 2. The van der Waals surface area contributed by atoms with Crippen LogP contribution in [0.5, 0.6) is 0 Å². The monoisotopic (exact) mass is 584 g/mol. The van der Waals surface area contributed by atoms with Crippen LogP contribution < -0.4 is 5.32 Å². The Morgan fingerprint density at radius 2 is 1.51 bits per heavy atom. The number of hydrogen-bond donors (Lipinski definition) is 1. The van der Waals surface area contributed by atoms with E-state index in [1.54, 1.807) is 41.3 Å². The Balaban J connectivity index is 1.29. The van der Waals surface area contributed by atoms with Gasteiger partial charge in [-0.2, -0.15) is 4.31 Å². The molecule has 222 valence electrons. The summed E-state index contributed by atoms with van der Waals surface area (Å²) in [6, 6.07) is 12.6. The van der Waals surface area contributed by atoms with Gasteiger partial charge in [-0.3, -0.25) is 4.79 Å². The van der Waals surface area contributed by atoms with Gasteiger partial charge in [-0.1, -0.05) is 49.1 Å². The van der Waals surface area contributed by atoms with Crippen LogP contribution in [0.3, 0.4) is 0 Å². The average molecular weight is 585 g/mol. The van der Waals surface area contributed by atoms with Gasteiger partial charge < -0.3 is 15.1 Å². The molecule has 10 heteroatoms. The first-order valence-corrected chi connectivity index (χ1v) is 16.3. The van der Waals surface area contributed by atoms with Crippen LogP contribution in [-0.2, 0) is 21.4 Å². The third kappa shape index (κ3) is 7.46. The van der Waals surface area contributed by atoms with E-state index in [1.807, 2.05) is 11.8 Å². The molecule has 0 spiro atoms. The molecule has 0 atom stereocenters. The zero-order valence-electron chi connectivity index (χ0n) is 23.8. The highest BCUT2D eigenvalue weighted by Gasteiger charge is 2.41. The van der Waals surface area contributed by atoms with Crippen molar-refractivity contribution in [2.24, 2.45) is 0 Å². The van der Waals surface area contributed by atoms with Gasteiger partial charge in [0.1, 0.15) is 5.82 Å². The Bertz CT molecular complexity index is 1300. The molecule has 1 saturated heterocycles. The highest BCUT2D eigenvalue weighted by Crippen LogP contribution is 2.33. The van der Waals surface area contributed by atoms with Gasteiger partial charge in [0, 0.05) is 37.8 Å². The number of sulfonamides is 1. The van der Waals surface area contributed by atoms with Crippen molar-refractivity contribution < 1.29 is 22.4 Å². The predicted molar refractivity (Wildman–Crippen MR) is 155 cm³/mol. The molecule has 3 amide bonds. The Morgan fingerprint density at radius 3 is 2.12 bits per heavy atom. The van der Waals surface area contributed by atoms with E-state index in [-0.39, 0.29) is 53.9 Å². The number of piperidine rings is 1. The maximum absolute atomic E-state index is 13.9. The van der Waals surface area contributed by atoms with Crippen molar-refractivity contribution in [3.05, 3.63) is 65.5 Å². The number of nitrogens with one attached hydrogen (secondary N) is 1. The lowest BCUT2D eigenvalue weighted by atomic mass is 9.95. The molecule has 41 heavy (non-hydrogen) atoms. The van der Waals surface area contributed by atoms with Crippen molar-refractivity contribution in [1.82, 2.24) is 19.4 Å². The van der Waals surface area contributed by atoms with E-state index in [0.717, 1.165) is 49.7 Å². The third-order valence-corrected chi connectivity index (χ3v) is 10.5. The summed E-state index contributed by atoms with van der Waals surface area (Å²) in [4.78, 5) is 30.6. The summed E-state index contributed by atoms with van der Waals surface area (Å²) in [6.45, 7) is 2.94. The molecular formula is C31H41FN4O4S. The Morgan fingerprint density at radius 1 is 0.878 bits per heavy atom. The lowest BCUT2D eigenvalue weighted by Crippen LogP contribution is -2.53. The van der Waals surface area contributed by atoms with Crippen LogP contribution in [0, 0.1) is 12.7 Å². The quantitative estimate of drug-likeness (QED) is 0.458. The molecular weight excluding hydrogens is 543 g/mol. The first-order chi connectivity index (χ1) is 19.7. The van der Waals surface area contributed by atoms with Crippen LogP contribution in [0.15, 0.2) is 53.4 Å². The molecule has 0 bridgehead atoms. The fourth-order valence-electron chi connectivity index (χ4n) is 5.94. The Hall–Kier alpha value is -2.98. The molecule has 0 unspecified atom stereocenters. The first kappa shape index (κ1) is 29.5. The number of urea groups is 1. The molecule has 1 aliphatic heterocycles. The van der Waals surface area contributed by atoms with Gasteiger partial charge >= 0.3 is 6.03 Å². The number of rotatable bonds is 9. The summed E-state index contributed by atoms with van der Waals surface area (Å²) >= 11 is 0. The summed E-state index contributed by atoms with van der Waals surface area (Å²) in [5.41, 5.74) is 1.74. The number of hydrogen-bond acceptors (Lipinski definition) is 4.